The molecule has 25 heavy (non-hydrogen) atoms. The summed E-state index contributed by atoms with van der Waals surface area (Å²) in [6.45, 7) is 0. The van der Waals surface area contributed by atoms with Gasteiger partial charge < -0.3 is 9.52 Å². The maximum Gasteiger partial charge on any atom is 0.293 e. The lowest BCUT2D eigenvalue weighted by atomic mass is 10.1. The van der Waals surface area contributed by atoms with Crippen LogP contribution in [0.4, 0.5) is 5.69 Å². The number of aromatic nitrogens is 2. The number of hydrogen-bond donors (Lipinski definition) is 1. The Labute approximate surface area is 141 Å². The molecule has 0 unspecified atom stereocenters. The average Bonchev–Trinajstić information content (AvgIpc) is 3.03. The van der Waals surface area contributed by atoms with Gasteiger partial charge in [-0.05, 0) is 0 Å². The molecule has 4 aromatic rings. The van der Waals surface area contributed by atoms with Gasteiger partial charge in [0.05, 0.1) is 10.6 Å². The minimum atomic E-state index is -0.477. The van der Waals surface area contributed by atoms with Gasteiger partial charge in [-0.15, -0.1) is 0 Å². The Morgan fingerprint density at radius 2 is 1.76 bits per heavy atom. The van der Waals surface area contributed by atoms with Crippen LogP contribution in [-0.4, -0.2) is 20.0 Å². The molecule has 7 nitrogen and oxygen atoms in total. The molecule has 2 heterocycles. The van der Waals surface area contributed by atoms with E-state index in [1.165, 1.54) is 18.4 Å². The molecule has 0 saturated carbocycles. The lowest BCUT2D eigenvalue weighted by Crippen LogP contribution is -1.94. The standard InChI is InChI=1S/C18H11N3O4/c22-18-15-14(10-25-18)19-17(11-5-2-1-3-6-11)20-16(15)12-7-4-8-13(9-12)21(23)24/h1-10,22H. The first-order chi connectivity index (χ1) is 12.1. The summed E-state index contributed by atoms with van der Waals surface area (Å²) in [5.74, 6) is 0.117. The normalized spacial score (nSPS) is 10.9. The summed E-state index contributed by atoms with van der Waals surface area (Å²) < 4.78 is 5.06. The number of nitrogens with zero attached hydrogens (tertiary/aromatic N) is 3. The lowest BCUT2D eigenvalue weighted by molar-refractivity contribution is -0.384. The van der Waals surface area contributed by atoms with Crippen LogP contribution in [0.2, 0.25) is 0 Å². The topological polar surface area (TPSA) is 102 Å². The van der Waals surface area contributed by atoms with E-state index in [0.717, 1.165) is 5.56 Å². The zero-order chi connectivity index (χ0) is 17.4. The van der Waals surface area contributed by atoms with Crippen molar-refractivity contribution in [2.75, 3.05) is 0 Å². The smallest absolute Gasteiger partial charge is 0.293 e. The van der Waals surface area contributed by atoms with E-state index in [1.54, 1.807) is 12.1 Å². The van der Waals surface area contributed by atoms with Gasteiger partial charge in [-0.1, -0.05) is 42.5 Å². The number of rotatable bonds is 3. The molecule has 0 aliphatic heterocycles. The molecule has 0 fully saturated rings. The van der Waals surface area contributed by atoms with Gasteiger partial charge in [0.1, 0.15) is 17.2 Å². The van der Waals surface area contributed by atoms with Gasteiger partial charge >= 0.3 is 0 Å². The number of aromatic hydroxyl groups is 1. The zero-order valence-electron chi connectivity index (χ0n) is 12.8. The predicted molar refractivity (Wildman–Crippen MR) is 91.0 cm³/mol. The quantitative estimate of drug-likeness (QED) is 0.446. The van der Waals surface area contributed by atoms with E-state index in [9.17, 15) is 15.2 Å². The Balaban J connectivity index is 2.00. The minimum absolute atomic E-state index is 0.0616. The second kappa shape index (κ2) is 5.72. The SMILES string of the molecule is O=[N+]([O-])c1cccc(-c2nc(-c3ccccc3)nc3coc(O)c23)c1. The molecule has 0 amide bonds. The van der Waals surface area contributed by atoms with E-state index in [-0.39, 0.29) is 11.6 Å². The summed E-state index contributed by atoms with van der Waals surface area (Å²) in [6, 6.07) is 15.4. The number of benzene rings is 2. The molecule has 0 aliphatic carbocycles. The molecule has 0 radical (unpaired) electrons. The van der Waals surface area contributed by atoms with Crippen LogP contribution in [0.5, 0.6) is 5.95 Å². The van der Waals surface area contributed by atoms with Gasteiger partial charge in [0.2, 0.25) is 0 Å². The van der Waals surface area contributed by atoms with Gasteiger partial charge in [0.25, 0.3) is 11.6 Å². The van der Waals surface area contributed by atoms with Crippen LogP contribution in [0.1, 0.15) is 0 Å². The molecule has 1 N–H and O–H groups in total. The first kappa shape index (κ1) is 14.8. The molecule has 2 aromatic heterocycles. The second-order valence-corrected chi connectivity index (χ2v) is 5.37. The Bertz CT molecular complexity index is 1090. The predicted octanol–water partition coefficient (Wildman–Crippen LogP) is 4.17. The third-order valence-electron chi connectivity index (χ3n) is 3.80. The molecule has 4 rings (SSSR count). The first-order valence-electron chi connectivity index (χ1n) is 7.42. The molecule has 0 bridgehead atoms. The van der Waals surface area contributed by atoms with Gasteiger partial charge in [-0.25, -0.2) is 9.97 Å². The van der Waals surface area contributed by atoms with Crippen LogP contribution >= 0.6 is 0 Å². The van der Waals surface area contributed by atoms with Gasteiger partial charge in [-0.2, -0.15) is 0 Å². The lowest BCUT2D eigenvalue weighted by Gasteiger charge is -2.06. The minimum Gasteiger partial charge on any atom is -0.480 e. The fourth-order valence-electron chi connectivity index (χ4n) is 2.64. The summed E-state index contributed by atoms with van der Waals surface area (Å²) in [5.41, 5.74) is 2.02. The van der Waals surface area contributed by atoms with Gasteiger partial charge in [-0.3, -0.25) is 10.1 Å². The number of non-ortho nitro benzene ring substituents is 1. The summed E-state index contributed by atoms with van der Waals surface area (Å²) in [4.78, 5) is 19.5. The van der Waals surface area contributed by atoms with Crippen molar-refractivity contribution >= 4 is 16.6 Å². The van der Waals surface area contributed by atoms with Crippen LogP contribution in [0.15, 0.2) is 65.3 Å². The summed E-state index contributed by atoms with van der Waals surface area (Å²) in [6.07, 6.45) is 1.33. The van der Waals surface area contributed by atoms with Crippen LogP contribution in [0.3, 0.4) is 0 Å². The van der Waals surface area contributed by atoms with Crippen LogP contribution in [0, 0.1) is 10.1 Å². The van der Waals surface area contributed by atoms with Crippen molar-refractivity contribution in [3.05, 3.63) is 71.0 Å². The highest BCUT2D eigenvalue weighted by atomic mass is 16.6. The molecule has 122 valence electrons. The molecule has 0 atom stereocenters. The molecular formula is C18H11N3O4. The fraction of sp³-hybridized carbons (Fsp3) is 0. The number of nitro groups is 1. The Kier molecular flexibility index (Phi) is 3.39. The third kappa shape index (κ3) is 2.57. The number of nitro benzene ring substituents is 1. The Morgan fingerprint density at radius 3 is 2.52 bits per heavy atom. The molecule has 7 heteroatoms. The van der Waals surface area contributed by atoms with Gasteiger partial charge in [0.15, 0.2) is 5.82 Å². The van der Waals surface area contributed by atoms with E-state index in [1.807, 2.05) is 30.3 Å². The molecule has 0 spiro atoms. The van der Waals surface area contributed by atoms with Crippen molar-refractivity contribution in [1.29, 1.82) is 0 Å². The fourth-order valence-corrected chi connectivity index (χ4v) is 2.64. The van der Waals surface area contributed by atoms with Crippen LogP contribution < -0.4 is 0 Å². The number of hydrogen-bond acceptors (Lipinski definition) is 6. The highest BCUT2D eigenvalue weighted by Crippen LogP contribution is 2.36. The third-order valence-corrected chi connectivity index (χ3v) is 3.80. The maximum absolute atomic E-state index is 11.1. The second-order valence-electron chi connectivity index (χ2n) is 5.37. The number of furan rings is 1. The summed E-state index contributed by atoms with van der Waals surface area (Å²) >= 11 is 0. The highest BCUT2D eigenvalue weighted by Gasteiger charge is 2.19. The molecule has 2 aromatic carbocycles. The van der Waals surface area contributed by atoms with E-state index in [2.05, 4.69) is 9.97 Å². The molecular weight excluding hydrogens is 322 g/mol. The molecule has 0 saturated heterocycles. The Hall–Kier alpha value is -3.74. The van der Waals surface area contributed by atoms with Gasteiger partial charge in [0, 0.05) is 23.3 Å². The zero-order valence-corrected chi connectivity index (χ0v) is 12.8. The highest BCUT2D eigenvalue weighted by molar-refractivity contribution is 5.96. The van der Waals surface area contributed by atoms with Crippen molar-refractivity contribution in [3.63, 3.8) is 0 Å². The van der Waals surface area contributed by atoms with Crippen molar-refractivity contribution in [3.8, 4) is 28.6 Å². The van der Waals surface area contributed by atoms with E-state index >= 15 is 0 Å². The monoisotopic (exact) mass is 333 g/mol. The largest absolute Gasteiger partial charge is 0.480 e. The molecule has 0 aliphatic rings. The van der Waals surface area contributed by atoms with E-state index < -0.39 is 4.92 Å². The summed E-state index contributed by atoms with van der Waals surface area (Å²) in [5, 5.41) is 21.4. The maximum atomic E-state index is 11.1. The van der Waals surface area contributed by atoms with Crippen molar-refractivity contribution in [1.82, 2.24) is 9.97 Å². The van der Waals surface area contributed by atoms with Crippen LogP contribution in [-0.2, 0) is 0 Å². The van der Waals surface area contributed by atoms with Crippen molar-refractivity contribution in [2.45, 2.75) is 0 Å². The van der Waals surface area contributed by atoms with Crippen LogP contribution in [0.25, 0.3) is 33.5 Å². The average molecular weight is 333 g/mol. The first-order valence-corrected chi connectivity index (χ1v) is 7.42. The number of fused-ring (bicyclic) bond motifs is 1. The van der Waals surface area contributed by atoms with Crippen molar-refractivity contribution < 1.29 is 14.4 Å². The summed E-state index contributed by atoms with van der Waals surface area (Å²) in [7, 11) is 0. The van der Waals surface area contributed by atoms with E-state index in [4.69, 9.17) is 4.42 Å². The Morgan fingerprint density at radius 1 is 1.00 bits per heavy atom. The van der Waals surface area contributed by atoms with Crippen molar-refractivity contribution in [2.24, 2.45) is 0 Å². The van der Waals surface area contributed by atoms with E-state index in [0.29, 0.717) is 28.0 Å².